The number of nitrogens with two attached hydrogens (primary N) is 1. The molecule has 0 saturated carbocycles. The molecule has 0 amide bonds. The number of carboxylic acid groups (broad SMARTS) is 1. The molecule has 3 N–H and O–H groups in total. The monoisotopic (exact) mass is 213 g/mol. The Bertz CT molecular complexity index is 331. The van der Waals surface area contributed by atoms with Crippen LogP contribution in [0.4, 0.5) is 5.69 Å². The molecule has 1 aromatic heterocycles. The summed E-state index contributed by atoms with van der Waals surface area (Å²) in [4.78, 5) is 12.0. The Hall–Kier alpha value is -1.03. The fourth-order valence-electron chi connectivity index (χ4n) is 1.16. The second kappa shape index (κ2) is 4.46. The standard InChI is InChI=1S/C10H15NO2S/c1-6(2)3-4-8-7(11)5-9(14-8)10(12)13/h5-6H,3-4,11H2,1-2H3,(H,12,13). The normalized spacial score (nSPS) is 10.8. The fourth-order valence-corrected chi connectivity index (χ4v) is 2.10. The minimum absolute atomic E-state index is 0.334. The third-order valence-electron chi connectivity index (χ3n) is 2.00. The molecule has 14 heavy (non-hydrogen) atoms. The van der Waals surface area contributed by atoms with Crippen molar-refractivity contribution in [2.24, 2.45) is 5.92 Å². The lowest BCUT2D eigenvalue weighted by atomic mass is 10.1. The Morgan fingerprint density at radius 3 is 2.71 bits per heavy atom. The molecule has 0 aromatic carbocycles. The molecule has 3 nitrogen and oxygen atoms in total. The first-order valence-corrected chi connectivity index (χ1v) is 5.44. The van der Waals surface area contributed by atoms with Crippen LogP contribution in [0.2, 0.25) is 0 Å². The number of anilines is 1. The number of rotatable bonds is 4. The van der Waals surface area contributed by atoms with E-state index in [1.54, 1.807) is 6.07 Å². The van der Waals surface area contributed by atoms with E-state index < -0.39 is 5.97 Å². The summed E-state index contributed by atoms with van der Waals surface area (Å²) >= 11 is 1.29. The molecule has 0 saturated heterocycles. The van der Waals surface area contributed by atoms with Crippen LogP contribution in [0, 0.1) is 5.92 Å². The summed E-state index contributed by atoms with van der Waals surface area (Å²) in [6.07, 6.45) is 1.92. The Labute approximate surface area is 87.6 Å². The van der Waals surface area contributed by atoms with Gasteiger partial charge >= 0.3 is 5.97 Å². The Kier molecular flexibility index (Phi) is 3.52. The Balaban J connectivity index is 2.72. The van der Waals surface area contributed by atoms with Crippen molar-refractivity contribution in [3.8, 4) is 0 Å². The molecule has 4 heteroatoms. The quantitative estimate of drug-likeness (QED) is 0.808. The number of hydrogen-bond acceptors (Lipinski definition) is 3. The molecule has 1 rings (SSSR count). The molecule has 0 aliphatic carbocycles. The molecule has 0 atom stereocenters. The first kappa shape index (κ1) is 11.0. The lowest BCUT2D eigenvalue weighted by molar-refractivity contribution is 0.0702. The number of aryl methyl sites for hydroxylation is 1. The van der Waals surface area contributed by atoms with Crippen LogP contribution >= 0.6 is 11.3 Å². The SMILES string of the molecule is CC(C)CCc1sc(C(=O)O)cc1N. The van der Waals surface area contributed by atoms with Gasteiger partial charge in [-0.3, -0.25) is 0 Å². The molecule has 0 radical (unpaired) electrons. The van der Waals surface area contributed by atoms with Crippen LogP contribution in [0.15, 0.2) is 6.07 Å². The minimum atomic E-state index is -0.891. The van der Waals surface area contributed by atoms with E-state index in [0.717, 1.165) is 17.7 Å². The summed E-state index contributed by atoms with van der Waals surface area (Å²) < 4.78 is 0. The van der Waals surface area contributed by atoms with Crippen molar-refractivity contribution < 1.29 is 9.90 Å². The summed E-state index contributed by atoms with van der Waals surface area (Å²) in [5.41, 5.74) is 6.33. The fraction of sp³-hybridized carbons (Fsp3) is 0.500. The van der Waals surface area contributed by atoms with Gasteiger partial charge in [-0.15, -0.1) is 11.3 Å². The van der Waals surface area contributed by atoms with E-state index in [0.29, 0.717) is 16.5 Å². The van der Waals surface area contributed by atoms with Gasteiger partial charge in [-0.25, -0.2) is 4.79 Å². The zero-order valence-electron chi connectivity index (χ0n) is 8.41. The first-order chi connectivity index (χ1) is 6.50. The van der Waals surface area contributed by atoms with Crippen molar-refractivity contribution in [1.29, 1.82) is 0 Å². The predicted octanol–water partition coefficient (Wildman–Crippen LogP) is 2.62. The van der Waals surface area contributed by atoms with Crippen molar-refractivity contribution in [1.82, 2.24) is 0 Å². The number of carboxylic acids is 1. The topological polar surface area (TPSA) is 63.3 Å². The minimum Gasteiger partial charge on any atom is -0.477 e. The van der Waals surface area contributed by atoms with E-state index in [4.69, 9.17) is 10.8 Å². The third kappa shape index (κ3) is 2.73. The molecule has 0 fully saturated rings. The van der Waals surface area contributed by atoms with Gasteiger partial charge in [0.05, 0.1) is 0 Å². The number of hydrogen-bond donors (Lipinski definition) is 2. The van der Waals surface area contributed by atoms with E-state index >= 15 is 0 Å². The van der Waals surface area contributed by atoms with Crippen LogP contribution in [0.25, 0.3) is 0 Å². The van der Waals surface area contributed by atoms with Crippen LogP contribution in [-0.4, -0.2) is 11.1 Å². The second-order valence-corrected chi connectivity index (χ2v) is 4.86. The third-order valence-corrected chi connectivity index (χ3v) is 3.20. The van der Waals surface area contributed by atoms with Gasteiger partial charge in [0, 0.05) is 10.6 Å². The first-order valence-electron chi connectivity index (χ1n) is 4.62. The van der Waals surface area contributed by atoms with Gasteiger partial charge in [-0.05, 0) is 24.8 Å². The summed E-state index contributed by atoms with van der Waals surface area (Å²) in [5.74, 6) is -0.276. The van der Waals surface area contributed by atoms with Crippen molar-refractivity contribution in [2.75, 3.05) is 5.73 Å². The Morgan fingerprint density at radius 2 is 2.29 bits per heavy atom. The molecule has 1 heterocycles. The van der Waals surface area contributed by atoms with Gasteiger partial charge in [0.1, 0.15) is 4.88 Å². The maximum absolute atomic E-state index is 10.7. The van der Waals surface area contributed by atoms with Crippen molar-refractivity contribution in [3.05, 3.63) is 15.8 Å². The number of thiophene rings is 1. The van der Waals surface area contributed by atoms with E-state index in [9.17, 15) is 4.79 Å². The number of nitrogen functional groups attached to an aromatic ring is 1. The van der Waals surface area contributed by atoms with Crippen molar-refractivity contribution >= 4 is 23.0 Å². The van der Waals surface area contributed by atoms with Crippen LogP contribution in [0.3, 0.4) is 0 Å². The Morgan fingerprint density at radius 1 is 1.64 bits per heavy atom. The summed E-state index contributed by atoms with van der Waals surface area (Å²) in [7, 11) is 0. The molecule has 0 aliphatic rings. The van der Waals surface area contributed by atoms with Crippen molar-refractivity contribution in [2.45, 2.75) is 26.7 Å². The lowest BCUT2D eigenvalue weighted by Crippen LogP contribution is -1.93. The number of carbonyl (C=O) groups is 1. The van der Waals surface area contributed by atoms with Gasteiger partial charge < -0.3 is 10.8 Å². The number of aromatic carboxylic acids is 1. The highest BCUT2D eigenvalue weighted by atomic mass is 32.1. The predicted molar refractivity (Wildman–Crippen MR) is 58.8 cm³/mol. The maximum atomic E-state index is 10.7. The van der Waals surface area contributed by atoms with Gasteiger partial charge in [0.25, 0.3) is 0 Å². The molecule has 78 valence electrons. The molecule has 0 aliphatic heterocycles. The summed E-state index contributed by atoms with van der Waals surface area (Å²) in [5, 5.41) is 8.75. The average Bonchev–Trinajstić information content (AvgIpc) is 2.43. The van der Waals surface area contributed by atoms with Crippen LogP contribution in [0.5, 0.6) is 0 Å². The summed E-state index contributed by atoms with van der Waals surface area (Å²) in [6, 6.07) is 1.54. The molecule has 0 bridgehead atoms. The van der Waals surface area contributed by atoms with E-state index in [2.05, 4.69) is 13.8 Å². The van der Waals surface area contributed by atoms with Crippen LogP contribution < -0.4 is 5.73 Å². The molecule has 0 unspecified atom stereocenters. The molecule has 0 spiro atoms. The van der Waals surface area contributed by atoms with Crippen LogP contribution in [-0.2, 0) is 6.42 Å². The maximum Gasteiger partial charge on any atom is 0.345 e. The van der Waals surface area contributed by atoms with E-state index in [1.807, 2.05) is 0 Å². The smallest absolute Gasteiger partial charge is 0.345 e. The van der Waals surface area contributed by atoms with Gasteiger partial charge in [0.15, 0.2) is 0 Å². The van der Waals surface area contributed by atoms with Gasteiger partial charge in [-0.1, -0.05) is 13.8 Å². The van der Waals surface area contributed by atoms with Gasteiger partial charge in [-0.2, -0.15) is 0 Å². The highest BCUT2D eigenvalue weighted by Gasteiger charge is 2.11. The largest absolute Gasteiger partial charge is 0.477 e. The van der Waals surface area contributed by atoms with E-state index in [1.165, 1.54) is 11.3 Å². The second-order valence-electron chi connectivity index (χ2n) is 3.73. The van der Waals surface area contributed by atoms with Crippen molar-refractivity contribution in [3.63, 3.8) is 0 Å². The lowest BCUT2D eigenvalue weighted by Gasteiger charge is -2.02. The zero-order chi connectivity index (χ0) is 10.7. The zero-order valence-corrected chi connectivity index (χ0v) is 9.23. The highest BCUT2D eigenvalue weighted by molar-refractivity contribution is 7.14. The molecule has 1 aromatic rings. The van der Waals surface area contributed by atoms with Gasteiger partial charge in [0.2, 0.25) is 0 Å². The molecular weight excluding hydrogens is 198 g/mol. The summed E-state index contributed by atoms with van der Waals surface area (Å²) in [6.45, 7) is 4.28. The average molecular weight is 213 g/mol. The van der Waals surface area contributed by atoms with E-state index in [-0.39, 0.29) is 0 Å². The van der Waals surface area contributed by atoms with Crippen LogP contribution in [0.1, 0.15) is 34.8 Å². The molecular formula is C10H15NO2S. The highest BCUT2D eigenvalue weighted by Crippen LogP contribution is 2.26.